The van der Waals surface area contributed by atoms with Gasteiger partial charge in [0.1, 0.15) is 24.0 Å². The first kappa shape index (κ1) is 13.0. The molecule has 1 saturated heterocycles. The second-order valence-corrected chi connectivity index (χ2v) is 4.24. The van der Waals surface area contributed by atoms with Gasteiger partial charge in [0.2, 0.25) is 0 Å². The van der Waals surface area contributed by atoms with Gasteiger partial charge >= 0.3 is 0 Å². The fraction of sp³-hybridized carbons (Fsp3) is 0.462. The third-order valence-electron chi connectivity index (χ3n) is 2.97. The molecule has 1 atom stereocenters. The van der Waals surface area contributed by atoms with Crippen molar-refractivity contribution in [2.45, 2.75) is 12.6 Å². The van der Waals surface area contributed by atoms with Gasteiger partial charge in [0, 0.05) is 31.3 Å². The Balaban J connectivity index is 2.06. The lowest BCUT2D eigenvalue weighted by Crippen LogP contribution is -2.42. The van der Waals surface area contributed by atoms with Crippen LogP contribution in [0, 0.1) is 5.82 Å². The number of methoxy groups -OCH3 is 1. The molecule has 0 amide bonds. The summed E-state index contributed by atoms with van der Waals surface area (Å²) in [5.74, 6) is 0.215. The molecule has 0 saturated carbocycles. The zero-order valence-electron chi connectivity index (χ0n) is 10.3. The van der Waals surface area contributed by atoms with Crippen LogP contribution in [0.2, 0.25) is 0 Å². The highest BCUT2D eigenvalue weighted by Gasteiger charge is 2.20. The van der Waals surface area contributed by atoms with Crippen LogP contribution in [0.5, 0.6) is 5.75 Å². The fourth-order valence-electron chi connectivity index (χ4n) is 2.05. The van der Waals surface area contributed by atoms with Crippen LogP contribution in [-0.4, -0.2) is 44.1 Å². The fourth-order valence-corrected chi connectivity index (χ4v) is 2.05. The lowest BCUT2D eigenvalue weighted by Gasteiger charge is -2.30. The van der Waals surface area contributed by atoms with Crippen molar-refractivity contribution in [1.82, 2.24) is 4.90 Å². The van der Waals surface area contributed by atoms with Crippen molar-refractivity contribution in [2.75, 3.05) is 26.8 Å². The summed E-state index contributed by atoms with van der Waals surface area (Å²) >= 11 is 0. The Kier molecular flexibility index (Phi) is 4.28. The Bertz CT molecular complexity index is 425. The smallest absolute Gasteiger partial charge is 0.150 e. The molecule has 1 fully saturated rings. The highest BCUT2D eigenvalue weighted by molar-refractivity contribution is 5.56. The molecule has 18 heavy (non-hydrogen) atoms. The molecule has 1 heterocycles. The van der Waals surface area contributed by atoms with Gasteiger partial charge < -0.3 is 14.3 Å². The van der Waals surface area contributed by atoms with Crippen molar-refractivity contribution in [2.24, 2.45) is 0 Å². The first-order valence-corrected chi connectivity index (χ1v) is 5.84. The van der Waals surface area contributed by atoms with E-state index < -0.39 is 0 Å². The van der Waals surface area contributed by atoms with Gasteiger partial charge in [-0.25, -0.2) is 4.39 Å². The maximum absolute atomic E-state index is 13.1. The van der Waals surface area contributed by atoms with Crippen molar-refractivity contribution in [3.63, 3.8) is 0 Å². The molecule has 0 aliphatic carbocycles. The highest BCUT2D eigenvalue weighted by Crippen LogP contribution is 2.22. The van der Waals surface area contributed by atoms with Gasteiger partial charge in [-0.15, -0.1) is 0 Å². The third kappa shape index (κ3) is 3.05. The van der Waals surface area contributed by atoms with Crippen molar-refractivity contribution >= 4 is 6.29 Å². The summed E-state index contributed by atoms with van der Waals surface area (Å²) in [4.78, 5) is 12.8. The second kappa shape index (κ2) is 5.93. The Morgan fingerprint density at radius 1 is 1.61 bits per heavy atom. The standard InChI is InChI=1S/C13H16FNO3/c1-17-13-6-11(14)3-2-10(13)7-15-4-5-18-12(8-15)9-16/h2-3,6,9,12H,4-5,7-8H2,1H3. The summed E-state index contributed by atoms with van der Waals surface area (Å²) in [5.41, 5.74) is 0.908. The molecule has 98 valence electrons. The predicted molar refractivity (Wildman–Crippen MR) is 64.0 cm³/mol. The van der Waals surface area contributed by atoms with E-state index in [-0.39, 0.29) is 11.9 Å². The van der Waals surface area contributed by atoms with E-state index in [1.807, 2.05) is 0 Å². The summed E-state index contributed by atoms with van der Waals surface area (Å²) in [6.07, 6.45) is 0.443. The van der Waals surface area contributed by atoms with Gasteiger partial charge in [-0.3, -0.25) is 4.90 Å². The van der Waals surface area contributed by atoms with Crippen molar-refractivity contribution in [1.29, 1.82) is 0 Å². The summed E-state index contributed by atoms with van der Waals surface area (Å²) in [6.45, 7) is 2.47. The summed E-state index contributed by atoms with van der Waals surface area (Å²) < 4.78 is 23.5. The molecule has 0 bridgehead atoms. The molecular formula is C13H16FNO3. The van der Waals surface area contributed by atoms with Crippen LogP contribution in [0.1, 0.15) is 5.56 Å². The average molecular weight is 253 g/mol. The molecule has 1 aromatic rings. The first-order chi connectivity index (χ1) is 8.72. The van der Waals surface area contributed by atoms with Crippen LogP contribution in [0.25, 0.3) is 0 Å². The van der Waals surface area contributed by atoms with Crippen LogP contribution in [0.3, 0.4) is 0 Å². The van der Waals surface area contributed by atoms with E-state index in [0.717, 1.165) is 18.4 Å². The van der Waals surface area contributed by atoms with Gasteiger partial charge in [-0.2, -0.15) is 0 Å². The Hall–Kier alpha value is -1.46. The number of hydrogen-bond acceptors (Lipinski definition) is 4. The second-order valence-electron chi connectivity index (χ2n) is 4.24. The molecule has 2 rings (SSSR count). The lowest BCUT2D eigenvalue weighted by atomic mass is 10.1. The number of ether oxygens (including phenoxy) is 2. The number of morpholine rings is 1. The van der Waals surface area contributed by atoms with Gasteiger partial charge in [0.05, 0.1) is 13.7 Å². The Morgan fingerprint density at radius 2 is 2.44 bits per heavy atom. The Labute approximate surface area is 105 Å². The van der Waals surface area contributed by atoms with E-state index >= 15 is 0 Å². The number of carbonyl (C=O) groups excluding carboxylic acids is 1. The number of halogens is 1. The summed E-state index contributed by atoms with van der Waals surface area (Å²) in [6, 6.07) is 4.49. The monoisotopic (exact) mass is 253 g/mol. The van der Waals surface area contributed by atoms with Crippen molar-refractivity contribution < 1.29 is 18.7 Å². The molecular weight excluding hydrogens is 237 g/mol. The highest BCUT2D eigenvalue weighted by atomic mass is 19.1. The van der Waals surface area contributed by atoms with E-state index in [1.165, 1.54) is 19.2 Å². The minimum Gasteiger partial charge on any atom is -0.496 e. The van der Waals surface area contributed by atoms with Gasteiger partial charge in [-0.1, -0.05) is 6.07 Å². The van der Waals surface area contributed by atoms with Crippen LogP contribution < -0.4 is 4.74 Å². The molecule has 5 heteroatoms. The van der Waals surface area contributed by atoms with E-state index in [2.05, 4.69) is 4.90 Å². The first-order valence-electron chi connectivity index (χ1n) is 5.84. The molecule has 1 unspecified atom stereocenters. The molecule has 0 N–H and O–H groups in total. The summed E-state index contributed by atoms with van der Waals surface area (Å²) in [7, 11) is 1.52. The maximum Gasteiger partial charge on any atom is 0.150 e. The SMILES string of the molecule is COc1cc(F)ccc1CN1CCOC(C=O)C1. The zero-order valence-corrected chi connectivity index (χ0v) is 10.3. The molecule has 0 aromatic heterocycles. The minimum absolute atomic E-state index is 0.316. The van der Waals surface area contributed by atoms with Crippen LogP contribution in [0.15, 0.2) is 18.2 Å². The molecule has 1 aliphatic heterocycles. The lowest BCUT2D eigenvalue weighted by molar-refractivity contribution is -0.123. The van der Waals surface area contributed by atoms with E-state index in [1.54, 1.807) is 6.07 Å². The third-order valence-corrected chi connectivity index (χ3v) is 2.97. The molecule has 4 nitrogen and oxygen atoms in total. The van der Waals surface area contributed by atoms with Crippen LogP contribution in [0.4, 0.5) is 4.39 Å². The van der Waals surface area contributed by atoms with Gasteiger partial charge in [0.15, 0.2) is 0 Å². The number of benzene rings is 1. The average Bonchev–Trinajstić information content (AvgIpc) is 2.41. The van der Waals surface area contributed by atoms with Crippen LogP contribution >= 0.6 is 0 Å². The maximum atomic E-state index is 13.1. The number of nitrogens with zero attached hydrogens (tertiary/aromatic N) is 1. The Morgan fingerprint density at radius 3 is 3.17 bits per heavy atom. The topological polar surface area (TPSA) is 38.8 Å². The van der Waals surface area contributed by atoms with Gasteiger partial charge in [-0.05, 0) is 6.07 Å². The van der Waals surface area contributed by atoms with Crippen molar-refractivity contribution in [3.8, 4) is 5.75 Å². The van der Waals surface area contributed by atoms with E-state index in [0.29, 0.717) is 25.4 Å². The number of carbonyl (C=O) groups is 1. The van der Waals surface area contributed by atoms with Gasteiger partial charge in [0.25, 0.3) is 0 Å². The number of aldehydes is 1. The van der Waals surface area contributed by atoms with Crippen molar-refractivity contribution in [3.05, 3.63) is 29.6 Å². The molecule has 0 radical (unpaired) electrons. The quantitative estimate of drug-likeness (QED) is 0.757. The number of rotatable bonds is 4. The van der Waals surface area contributed by atoms with E-state index in [4.69, 9.17) is 9.47 Å². The number of hydrogen-bond donors (Lipinski definition) is 0. The molecule has 0 spiro atoms. The molecule has 1 aromatic carbocycles. The van der Waals surface area contributed by atoms with Crippen LogP contribution in [-0.2, 0) is 16.1 Å². The summed E-state index contributed by atoms with van der Waals surface area (Å²) in [5, 5.41) is 0. The van der Waals surface area contributed by atoms with E-state index in [9.17, 15) is 9.18 Å². The normalized spacial score (nSPS) is 20.7. The predicted octanol–water partition coefficient (Wildman–Crippen LogP) is 1.23. The minimum atomic E-state index is -0.370. The zero-order chi connectivity index (χ0) is 13.0. The largest absolute Gasteiger partial charge is 0.496 e. The molecule has 1 aliphatic rings.